The molecule has 6 nitrogen and oxygen atoms in total. The summed E-state index contributed by atoms with van der Waals surface area (Å²) in [6.45, 7) is 2.43. The number of aliphatic hydroxyl groups is 1. The monoisotopic (exact) mass is 192 g/mol. The van der Waals surface area contributed by atoms with E-state index in [1.165, 1.54) is 13.8 Å². The first-order valence-electron chi connectivity index (χ1n) is 3.54. The van der Waals surface area contributed by atoms with Gasteiger partial charge in [0.1, 0.15) is 6.61 Å². The standard InChI is InChI=1S/C7H12O6/c1-7(2,3-13-6(11)12)4(8)5(9)10/h4,8H,3H2,1-2H3,(H,9,10)(H,11,12). The molecular weight excluding hydrogens is 180 g/mol. The van der Waals surface area contributed by atoms with Crippen LogP contribution >= 0.6 is 0 Å². The Morgan fingerprint density at radius 3 is 2.15 bits per heavy atom. The Hall–Kier alpha value is -1.30. The molecule has 0 radical (unpaired) electrons. The molecule has 0 aliphatic heterocycles. The van der Waals surface area contributed by atoms with Crippen molar-refractivity contribution in [1.29, 1.82) is 0 Å². The average Bonchev–Trinajstić information content (AvgIpc) is 1.99. The van der Waals surface area contributed by atoms with Gasteiger partial charge >= 0.3 is 12.1 Å². The van der Waals surface area contributed by atoms with Crippen molar-refractivity contribution < 1.29 is 29.6 Å². The Morgan fingerprint density at radius 2 is 1.85 bits per heavy atom. The van der Waals surface area contributed by atoms with Gasteiger partial charge in [-0.3, -0.25) is 0 Å². The van der Waals surface area contributed by atoms with Crippen LogP contribution in [0.25, 0.3) is 0 Å². The van der Waals surface area contributed by atoms with Crippen molar-refractivity contribution in [3.8, 4) is 0 Å². The van der Waals surface area contributed by atoms with Crippen molar-refractivity contribution in [2.24, 2.45) is 5.41 Å². The molecule has 13 heavy (non-hydrogen) atoms. The van der Waals surface area contributed by atoms with Crippen molar-refractivity contribution in [2.75, 3.05) is 6.61 Å². The lowest BCUT2D eigenvalue weighted by Crippen LogP contribution is -2.40. The molecule has 0 fully saturated rings. The lowest BCUT2D eigenvalue weighted by molar-refractivity contribution is -0.155. The van der Waals surface area contributed by atoms with E-state index in [1.807, 2.05) is 0 Å². The fraction of sp³-hybridized carbons (Fsp3) is 0.714. The van der Waals surface area contributed by atoms with Gasteiger partial charge in [0.05, 0.1) is 0 Å². The average molecular weight is 192 g/mol. The summed E-state index contributed by atoms with van der Waals surface area (Å²) in [4.78, 5) is 20.3. The normalized spacial score (nSPS) is 13.5. The first-order chi connectivity index (χ1) is 5.77. The molecule has 0 saturated carbocycles. The second kappa shape index (κ2) is 4.08. The number of rotatable bonds is 4. The van der Waals surface area contributed by atoms with E-state index in [-0.39, 0.29) is 6.61 Å². The van der Waals surface area contributed by atoms with Crippen LogP contribution in [0.15, 0.2) is 0 Å². The maximum atomic E-state index is 10.3. The van der Waals surface area contributed by atoms with Gasteiger partial charge < -0.3 is 20.1 Å². The predicted octanol–water partition coefficient (Wildman–Crippen LogP) is 0.153. The van der Waals surface area contributed by atoms with E-state index in [0.717, 1.165) is 0 Å². The molecule has 3 N–H and O–H groups in total. The third-order valence-electron chi connectivity index (χ3n) is 1.54. The zero-order valence-corrected chi connectivity index (χ0v) is 7.35. The first-order valence-corrected chi connectivity index (χ1v) is 3.54. The topological polar surface area (TPSA) is 104 Å². The number of hydrogen-bond donors (Lipinski definition) is 3. The number of carbonyl (C=O) groups is 2. The Bertz CT molecular complexity index is 209. The molecule has 0 spiro atoms. The summed E-state index contributed by atoms with van der Waals surface area (Å²) in [5, 5.41) is 25.7. The van der Waals surface area contributed by atoms with Crippen molar-refractivity contribution in [3.05, 3.63) is 0 Å². The van der Waals surface area contributed by atoms with Crippen molar-refractivity contribution >= 4 is 12.1 Å². The summed E-state index contributed by atoms with van der Waals surface area (Å²) < 4.78 is 4.17. The Labute approximate surface area is 74.7 Å². The summed E-state index contributed by atoms with van der Waals surface area (Å²) in [5.74, 6) is -1.40. The Morgan fingerprint density at radius 1 is 1.38 bits per heavy atom. The molecule has 0 aromatic carbocycles. The number of ether oxygens (including phenoxy) is 1. The van der Waals surface area contributed by atoms with E-state index in [2.05, 4.69) is 4.74 Å². The molecule has 1 atom stereocenters. The molecule has 0 heterocycles. The third-order valence-corrected chi connectivity index (χ3v) is 1.54. The van der Waals surface area contributed by atoms with E-state index >= 15 is 0 Å². The van der Waals surface area contributed by atoms with Crippen LogP contribution < -0.4 is 0 Å². The maximum Gasteiger partial charge on any atom is 0.505 e. The highest BCUT2D eigenvalue weighted by Gasteiger charge is 2.34. The summed E-state index contributed by atoms with van der Waals surface area (Å²) >= 11 is 0. The highest BCUT2D eigenvalue weighted by molar-refractivity contribution is 5.73. The fourth-order valence-electron chi connectivity index (χ4n) is 0.661. The number of carboxylic acids is 1. The largest absolute Gasteiger partial charge is 0.505 e. The van der Waals surface area contributed by atoms with Gasteiger partial charge in [-0.1, -0.05) is 13.8 Å². The van der Waals surface area contributed by atoms with Crippen molar-refractivity contribution in [3.63, 3.8) is 0 Å². The van der Waals surface area contributed by atoms with Gasteiger partial charge in [0.15, 0.2) is 6.10 Å². The Kier molecular flexibility index (Phi) is 3.68. The van der Waals surface area contributed by atoms with Gasteiger partial charge in [0, 0.05) is 5.41 Å². The molecule has 0 rings (SSSR count). The minimum atomic E-state index is -1.65. The second-order valence-electron chi connectivity index (χ2n) is 3.28. The zero-order valence-electron chi connectivity index (χ0n) is 7.35. The van der Waals surface area contributed by atoms with Gasteiger partial charge in [-0.25, -0.2) is 9.59 Å². The fourth-order valence-corrected chi connectivity index (χ4v) is 0.661. The quantitative estimate of drug-likeness (QED) is 0.548. The number of aliphatic carboxylic acids is 1. The Balaban J connectivity index is 4.21. The molecule has 6 heteroatoms. The predicted molar refractivity (Wildman–Crippen MR) is 41.4 cm³/mol. The maximum absolute atomic E-state index is 10.3. The van der Waals surface area contributed by atoms with E-state index in [0.29, 0.717) is 0 Å². The molecule has 0 aromatic rings. The van der Waals surface area contributed by atoms with E-state index in [4.69, 9.17) is 15.3 Å². The van der Waals surface area contributed by atoms with Gasteiger partial charge in [-0.2, -0.15) is 0 Å². The minimum Gasteiger partial charge on any atom is -0.479 e. The highest BCUT2D eigenvalue weighted by atomic mass is 16.7. The van der Waals surface area contributed by atoms with Crippen LogP contribution in [0.5, 0.6) is 0 Å². The number of carboxylic acid groups (broad SMARTS) is 2. The van der Waals surface area contributed by atoms with E-state index in [9.17, 15) is 9.59 Å². The summed E-state index contributed by atoms with van der Waals surface area (Å²) in [7, 11) is 0. The lowest BCUT2D eigenvalue weighted by Gasteiger charge is -2.25. The summed E-state index contributed by atoms with van der Waals surface area (Å²) in [5.41, 5.74) is -1.13. The van der Waals surface area contributed by atoms with Gasteiger partial charge in [-0.15, -0.1) is 0 Å². The first kappa shape index (κ1) is 11.7. The molecule has 1 unspecified atom stereocenters. The number of hydrogen-bond acceptors (Lipinski definition) is 4. The van der Waals surface area contributed by atoms with Gasteiger partial charge in [0.2, 0.25) is 0 Å². The molecule has 76 valence electrons. The summed E-state index contributed by atoms with van der Waals surface area (Å²) in [6, 6.07) is 0. The molecule has 0 amide bonds. The molecule has 0 aliphatic rings. The zero-order chi connectivity index (χ0) is 10.6. The van der Waals surface area contributed by atoms with Crippen LogP contribution in [-0.2, 0) is 9.53 Å². The molecule has 0 aromatic heterocycles. The highest BCUT2D eigenvalue weighted by Crippen LogP contribution is 2.21. The molecule has 0 saturated heterocycles. The third kappa shape index (κ3) is 3.75. The van der Waals surface area contributed by atoms with Crippen LogP contribution in [0.2, 0.25) is 0 Å². The minimum absolute atomic E-state index is 0.365. The number of aliphatic hydroxyl groups excluding tert-OH is 1. The SMILES string of the molecule is CC(C)(COC(=O)O)C(O)C(=O)O. The van der Waals surface area contributed by atoms with E-state index < -0.39 is 23.6 Å². The van der Waals surface area contributed by atoms with Crippen LogP contribution in [-0.4, -0.2) is 40.2 Å². The smallest absolute Gasteiger partial charge is 0.479 e. The summed E-state index contributed by atoms with van der Waals surface area (Å²) in [6.07, 6.45) is -3.14. The van der Waals surface area contributed by atoms with Crippen LogP contribution in [0.4, 0.5) is 4.79 Å². The van der Waals surface area contributed by atoms with Crippen molar-refractivity contribution in [1.82, 2.24) is 0 Å². The van der Waals surface area contributed by atoms with Gasteiger partial charge in [-0.05, 0) is 0 Å². The van der Waals surface area contributed by atoms with Crippen LogP contribution in [0.3, 0.4) is 0 Å². The van der Waals surface area contributed by atoms with Crippen molar-refractivity contribution in [2.45, 2.75) is 20.0 Å². The van der Waals surface area contributed by atoms with E-state index in [1.54, 1.807) is 0 Å². The molecular formula is C7H12O6. The molecule has 0 bridgehead atoms. The van der Waals surface area contributed by atoms with Crippen LogP contribution in [0, 0.1) is 5.41 Å². The second-order valence-corrected chi connectivity index (χ2v) is 3.28. The molecule has 0 aliphatic carbocycles. The lowest BCUT2D eigenvalue weighted by atomic mass is 9.87. The van der Waals surface area contributed by atoms with Crippen LogP contribution in [0.1, 0.15) is 13.8 Å². The van der Waals surface area contributed by atoms with Gasteiger partial charge in [0.25, 0.3) is 0 Å².